The summed E-state index contributed by atoms with van der Waals surface area (Å²) in [5.74, 6) is -0.188. The van der Waals surface area contributed by atoms with E-state index in [0.29, 0.717) is 17.1 Å². The van der Waals surface area contributed by atoms with E-state index < -0.39 is 5.97 Å². The number of imidazole rings is 1. The molecule has 0 saturated heterocycles. The van der Waals surface area contributed by atoms with Crippen molar-refractivity contribution < 1.29 is 14.6 Å². The van der Waals surface area contributed by atoms with Crippen molar-refractivity contribution in [1.29, 1.82) is 0 Å². The van der Waals surface area contributed by atoms with Crippen LogP contribution < -0.4 is 4.74 Å². The third-order valence-electron chi connectivity index (χ3n) is 3.63. The van der Waals surface area contributed by atoms with Gasteiger partial charge in [-0.1, -0.05) is 12.1 Å². The summed E-state index contributed by atoms with van der Waals surface area (Å²) in [6.07, 6.45) is 1.74. The lowest BCUT2D eigenvalue weighted by molar-refractivity contribution is -0.136. The summed E-state index contributed by atoms with van der Waals surface area (Å²) < 4.78 is 7.97. The predicted octanol–water partition coefficient (Wildman–Crippen LogP) is 3.71. The van der Waals surface area contributed by atoms with Crippen molar-refractivity contribution in [1.82, 2.24) is 9.38 Å². The van der Waals surface area contributed by atoms with Gasteiger partial charge >= 0.3 is 5.97 Å². The molecule has 0 amide bonds. The van der Waals surface area contributed by atoms with Gasteiger partial charge in [0, 0.05) is 16.2 Å². The minimum absolute atomic E-state index is 0.108. The van der Waals surface area contributed by atoms with Crippen LogP contribution in [0.25, 0.3) is 16.9 Å². The number of hydrogen-bond acceptors (Lipinski definition) is 3. The lowest BCUT2D eigenvalue weighted by Crippen LogP contribution is -2.05. The zero-order valence-electron chi connectivity index (χ0n) is 12.7. The molecule has 0 spiro atoms. The van der Waals surface area contributed by atoms with Gasteiger partial charge in [-0.2, -0.15) is 0 Å². The van der Waals surface area contributed by atoms with Gasteiger partial charge in [0.15, 0.2) is 0 Å². The standard InChI is InChI=1S/C17H15BrN2O3/c1-10-6-12(18)9-20-14(8-15(21)22)16(19-17(10)20)11-4-3-5-13(7-11)23-2/h3-7,9H,8H2,1-2H3,(H,21,22). The van der Waals surface area contributed by atoms with E-state index in [9.17, 15) is 9.90 Å². The molecule has 0 saturated carbocycles. The van der Waals surface area contributed by atoms with E-state index in [2.05, 4.69) is 20.9 Å². The number of ether oxygens (including phenoxy) is 1. The Bertz CT molecular complexity index is 902. The number of nitrogens with zero attached hydrogens (tertiary/aromatic N) is 2. The van der Waals surface area contributed by atoms with Crippen LogP contribution in [0.15, 0.2) is 41.0 Å². The molecule has 118 valence electrons. The molecule has 0 aliphatic rings. The van der Waals surface area contributed by atoms with Crippen LogP contribution in [-0.2, 0) is 11.2 Å². The molecule has 2 heterocycles. The van der Waals surface area contributed by atoms with E-state index in [1.54, 1.807) is 7.11 Å². The number of carboxylic acid groups (broad SMARTS) is 1. The molecule has 0 aliphatic carbocycles. The molecular formula is C17H15BrN2O3. The molecule has 0 bridgehead atoms. The fourth-order valence-electron chi connectivity index (χ4n) is 2.63. The smallest absolute Gasteiger partial charge is 0.309 e. The molecule has 0 atom stereocenters. The van der Waals surface area contributed by atoms with Gasteiger partial charge in [-0.3, -0.25) is 4.79 Å². The highest BCUT2D eigenvalue weighted by Gasteiger charge is 2.18. The number of hydrogen-bond donors (Lipinski definition) is 1. The molecule has 3 rings (SSSR count). The second-order valence-corrected chi connectivity index (χ2v) is 6.16. The molecule has 5 nitrogen and oxygen atoms in total. The second-order valence-electron chi connectivity index (χ2n) is 5.24. The van der Waals surface area contributed by atoms with Crippen LogP contribution in [0.5, 0.6) is 5.75 Å². The summed E-state index contributed by atoms with van der Waals surface area (Å²) in [5.41, 5.74) is 3.86. The topological polar surface area (TPSA) is 63.8 Å². The van der Waals surface area contributed by atoms with E-state index in [1.165, 1.54) is 0 Å². The van der Waals surface area contributed by atoms with Crippen molar-refractivity contribution in [2.24, 2.45) is 0 Å². The van der Waals surface area contributed by atoms with Crippen LogP contribution in [0.2, 0.25) is 0 Å². The van der Waals surface area contributed by atoms with Crippen LogP contribution >= 0.6 is 15.9 Å². The molecule has 23 heavy (non-hydrogen) atoms. The first-order chi connectivity index (χ1) is 11.0. The molecule has 0 fully saturated rings. The van der Waals surface area contributed by atoms with Crippen LogP contribution in [0.4, 0.5) is 0 Å². The van der Waals surface area contributed by atoms with Gasteiger partial charge in [-0.15, -0.1) is 0 Å². The number of aromatic nitrogens is 2. The van der Waals surface area contributed by atoms with E-state index >= 15 is 0 Å². The van der Waals surface area contributed by atoms with Crippen LogP contribution in [0.3, 0.4) is 0 Å². The average Bonchev–Trinajstić information content (AvgIpc) is 2.86. The van der Waals surface area contributed by atoms with Crippen LogP contribution in [0, 0.1) is 6.92 Å². The molecule has 0 unspecified atom stereocenters. The Hall–Kier alpha value is -2.34. The van der Waals surface area contributed by atoms with Crippen molar-refractivity contribution in [2.45, 2.75) is 13.3 Å². The predicted molar refractivity (Wildman–Crippen MR) is 91.0 cm³/mol. The van der Waals surface area contributed by atoms with E-state index in [-0.39, 0.29) is 6.42 Å². The Morgan fingerprint density at radius 3 is 2.87 bits per heavy atom. The van der Waals surface area contributed by atoms with Gasteiger partial charge < -0.3 is 14.2 Å². The minimum Gasteiger partial charge on any atom is -0.497 e. The monoisotopic (exact) mass is 374 g/mol. The Morgan fingerprint density at radius 2 is 2.17 bits per heavy atom. The number of fused-ring (bicyclic) bond motifs is 1. The number of carboxylic acids is 1. The van der Waals surface area contributed by atoms with Crippen molar-refractivity contribution in [2.75, 3.05) is 7.11 Å². The first-order valence-corrected chi connectivity index (χ1v) is 7.82. The molecule has 1 N–H and O–H groups in total. The number of aryl methyl sites for hydroxylation is 1. The Labute approximate surface area is 141 Å². The number of rotatable bonds is 4. The summed E-state index contributed by atoms with van der Waals surface area (Å²) in [6.45, 7) is 1.95. The molecular weight excluding hydrogens is 360 g/mol. The minimum atomic E-state index is -0.895. The molecule has 6 heteroatoms. The maximum Gasteiger partial charge on any atom is 0.309 e. The molecule has 0 aliphatic heterocycles. The average molecular weight is 375 g/mol. The maximum atomic E-state index is 11.3. The summed E-state index contributed by atoms with van der Waals surface area (Å²) in [6, 6.07) is 9.43. The quantitative estimate of drug-likeness (QED) is 0.755. The summed E-state index contributed by atoms with van der Waals surface area (Å²) in [7, 11) is 1.60. The van der Waals surface area contributed by atoms with Crippen LogP contribution in [0.1, 0.15) is 11.3 Å². The van der Waals surface area contributed by atoms with Gasteiger partial charge in [0.05, 0.1) is 24.9 Å². The zero-order valence-corrected chi connectivity index (χ0v) is 14.3. The highest BCUT2D eigenvalue weighted by Crippen LogP contribution is 2.30. The second kappa shape index (κ2) is 6.04. The van der Waals surface area contributed by atoms with E-state index in [1.807, 2.05) is 47.9 Å². The number of benzene rings is 1. The SMILES string of the molecule is COc1cccc(-c2nc3c(C)cc(Br)cn3c2CC(=O)O)c1. The van der Waals surface area contributed by atoms with Crippen molar-refractivity contribution >= 4 is 27.5 Å². The van der Waals surface area contributed by atoms with E-state index in [0.717, 1.165) is 21.2 Å². The number of carbonyl (C=O) groups is 1. The van der Waals surface area contributed by atoms with Gasteiger partial charge in [0.1, 0.15) is 11.4 Å². The molecule has 3 aromatic rings. The maximum absolute atomic E-state index is 11.3. The first kappa shape index (κ1) is 15.6. The molecule has 0 radical (unpaired) electrons. The number of aliphatic carboxylic acids is 1. The van der Waals surface area contributed by atoms with Crippen molar-refractivity contribution in [3.63, 3.8) is 0 Å². The number of pyridine rings is 1. The summed E-state index contributed by atoms with van der Waals surface area (Å²) in [4.78, 5) is 16.0. The fraction of sp³-hybridized carbons (Fsp3) is 0.176. The van der Waals surface area contributed by atoms with Gasteiger partial charge in [0.2, 0.25) is 0 Å². The first-order valence-electron chi connectivity index (χ1n) is 7.03. The highest BCUT2D eigenvalue weighted by atomic mass is 79.9. The van der Waals surface area contributed by atoms with Crippen LogP contribution in [-0.4, -0.2) is 27.6 Å². The molecule has 1 aromatic carbocycles. The zero-order chi connectivity index (χ0) is 16.6. The summed E-state index contributed by atoms with van der Waals surface area (Å²) >= 11 is 3.46. The normalized spacial score (nSPS) is 10.9. The molecule has 2 aromatic heterocycles. The van der Waals surface area contributed by atoms with Gasteiger partial charge in [-0.05, 0) is 46.6 Å². The number of methoxy groups -OCH3 is 1. The van der Waals surface area contributed by atoms with Crippen molar-refractivity contribution in [3.05, 3.63) is 52.3 Å². The third-order valence-corrected chi connectivity index (χ3v) is 4.07. The Morgan fingerprint density at radius 1 is 1.39 bits per heavy atom. The Balaban J connectivity index is 2.30. The Kier molecular flexibility index (Phi) is 4.09. The van der Waals surface area contributed by atoms with Crippen molar-refractivity contribution in [3.8, 4) is 17.0 Å². The van der Waals surface area contributed by atoms with Gasteiger partial charge in [-0.25, -0.2) is 4.98 Å². The third kappa shape index (κ3) is 2.94. The number of halogens is 1. The van der Waals surface area contributed by atoms with E-state index in [4.69, 9.17) is 4.74 Å². The highest BCUT2D eigenvalue weighted by molar-refractivity contribution is 9.10. The fourth-order valence-corrected chi connectivity index (χ4v) is 3.18. The van der Waals surface area contributed by atoms with Gasteiger partial charge in [0.25, 0.3) is 0 Å². The largest absolute Gasteiger partial charge is 0.497 e. The lowest BCUT2D eigenvalue weighted by atomic mass is 10.1. The summed E-state index contributed by atoms with van der Waals surface area (Å²) in [5, 5.41) is 9.28. The lowest BCUT2D eigenvalue weighted by Gasteiger charge is -2.05.